The van der Waals surface area contributed by atoms with Gasteiger partial charge in [0.05, 0.1) is 0 Å². The highest BCUT2D eigenvalue weighted by Gasteiger charge is 2.58. The van der Waals surface area contributed by atoms with E-state index in [-0.39, 0.29) is 5.92 Å². The van der Waals surface area contributed by atoms with Gasteiger partial charge in [0.1, 0.15) is 5.54 Å². The van der Waals surface area contributed by atoms with Crippen LogP contribution in [0.1, 0.15) is 17.9 Å². The number of rotatable bonds is 2. The van der Waals surface area contributed by atoms with Gasteiger partial charge >= 0.3 is 5.97 Å². The molecule has 0 radical (unpaired) electrons. The molecule has 3 nitrogen and oxygen atoms in total. The molecule has 1 aromatic carbocycles. The van der Waals surface area contributed by atoms with Crippen molar-refractivity contribution < 1.29 is 9.90 Å². The minimum Gasteiger partial charge on any atom is -0.480 e. The SMILES string of the molecule is N[C@]1(C(=O)O)C[C@@H]1c1ccccc1. The number of hydrogen-bond donors (Lipinski definition) is 2. The fourth-order valence-corrected chi connectivity index (χ4v) is 1.62. The number of nitrogens with two attached hydrogens (primary N) is 1. The van der Waals surface area contributed by atoms with E-state index in [1.54, 1.807) is 0 Å². The maximum atomic E-state index is 10.7. The van der Waals surface area contributed by atoms with Crippen LogP contribution >= 0.6 is 0 Å². The summed E-state index contributed by atoms with van der Waals surface area (Å²) in [6.45, 7) is 0. The second-order valence-electron chi connectivity index (χ2n) is 3.51. The molecule has 1 saturated carbocycles. The first-order valence-electron chi connectivity index (χ1n) is 4.22. The van der Waals surface area contributed by atoms with Crippen molar-refractivity contribution in [2.75, 3.05) is 0 Å². The number of hydrogen-bond acceptors (Lipinski definition) is 2. The van der Waals surface area contributed by atoms with E-state index in [1.165, 1.54) is 0 Å². The highest BCUT2D eigenvalue weighted by molar-refractivity contribution is 5.84. The lowest BCUT2D eigenvalue weighted by Crippen LogP contribution is -2.34. The Kier molecular flexibility index (Phi) is 1.63. The Balaban J connectivity index is 2.21. The molecule has 0 saturated heterocycles. The first-order valence-corrected chi connectivity index (χ1v) is 4.22. The molecule has 0 unspecified atom stereocenters. The smallest absolute Gasteiger partial charge is 0.324 e. The number of carbonyl (C=O) groups is 1. The lowest BCUT2D eigenvalue weighted by Gasteiger charge is -2.04. The van der Waals surface area contributed by atoms with Gasteiger partial charge in [-0.05, 0) is 12.0 Å². The van der Waals surface area contributed by atoms with Crippen LogP contribution in [0.3, 0.4) is 0 Å². The van der Waals surface area contributed by atoms with E-state index in [0.717, 1.165) is 5.56 Å². The van der Waals surface area contributed by atoms with Crippen LogP contribution in [-0.2, 0) is 4.79 Å². The Morgan fingerprint density at radius 3 is 2.54 bits per heavy atom. The molecule has 2 atom stereocenters. The molecule has 0 amide bonds. The van der Waals surface area contributed by atoms with E-state index >= 15 is 0 Å². The average Bonchev–Trinajstić information content (AvgIpc) is 2.81. The second kappa shape index (κ2) is 2.57. The molecule has 68 valence electrons. The number of benzene rings is 1. The van der Waals surface area contributed by atoms with Gasteiger partial charge < -0.3 is 10.8 Å². The zero-order valence-corrected chi connectivity index (χ0v) is 7.10. The molecule has 0 heterocycles. The minimum absolute atomic E-state index is 0.00815. The fourth-order valence-electron chi connectivity index (χ4n) is 1.62. The predicted octanol–water partition coefficient (Wildman–Crippen LogP) is 0.956. The topological polar surface area (TPSA) is 63.3 Å². The molecule has 0 bridgehead atoms. The highest BCUT2D eigenvalue weighted by Crippen LogP contribution is 2.49. The molecular weight excluding hydrogens is 166 g/mol. The average molecular weight is 177 g/mol. The number of carboxylic acids is 1. The van der Waals surface area contributed by atoms with Crippen LogP contribution in [0.4, 0.5) is 0 Å². The summed E-state index contributed by atoms with van der Waals surface area (Å²) in [4.78, 5) is 10.7. The van der Waals surface area contributed by atoms with Crippen molar-refractivity contribution in [3.8, 4) is 0 Å². The van der Waals surface area contributed by atoms with Gasteiger partial charge in [0.2, 0.25) is 0 Å². The summed E-state index contributed by atoms with van der Waals surface area (Å²) < 4.78 is 0. The van der Waals surface area contributed by atoms with Gasteiger partial charge in [0, 0.05) is 5.92 Å². The van der Waals surface area contributed by atoms with Gasteiger partial charge in [0.15, 0.2) is 0 Å². The highest BCUT2D eigenvalue weighted by atomic mass is 16.4. The maximum Gasteiger partial charge on any atom is 0.324 e. The van der Waals surface area contributed by atoms with Crippen LogP contribution in [0.5, 0.6) is 0 Å². The molecule has 2 rings (SSSR count). The first-order chi connectivity index (χ1) is 6.14. The Labute approximate surface area is 76.2 Å². The summed E-state index contributed by atoms with van der Waals surface area (Å²) in [5.41, 5.74) is 5.67. The first kappa shape index (κ1) is 8.26. The molecule has 1 aromatic rings. The van der Waals surface area contributed by atoms with Gasteiger partial charge in [0.25, 0.3) is 0 Å². The standard InChI is InChI=1S/C10H11NO2/c11-10(9(12)13)6-8(10)7-4-2-1-3-5-7/h1-5,8H,6,11H2,(H,12,13)/t8-,10-/m1/s1. The third-order valence-electron chi connectivity index (χ3n) is 2.60. The van der Waals surface area contributed by atoms with E-state index in [4.69, 9.17) is 10.8 Å². The molecule has 0 aromatic heterocycles. The van der Waals surface area contributed by atoms with Crippen molar-refractivity contribution >= 4 is 5.97 Å². The minimum atomic E-state index is -1.01. The third-order valence-corrected chi connectivity index (χ3v) is 2.60. The van der Waals surface area contributed by atoms with Crippen LogP contribution in [0, 0.1) is 0 Å². The summed E-state index contributed by atoms with van der Waals surface area (Å²) >= 11 is 0. The Hall–Kier alpha value is -1.35. The monoisotopic (exact) mass is 177 g/mol. The van der Waals surface area contributed by atoms with E-state index < -0.39 is 11.5 Å². The van der Waals surface area contributed by atoms with E-state index in [2.05, 4.69) is 0 Å². The molecule has 3 N–H and O–H groups in total. The number of carboxylic acid groups (broad SMARTS) is 1. The quantitative estimate of drug-likeness (QED) is 0.707. The van der Waals surface area contributed by atoms with Crippen LogP contribution in [0.25, 0.3) is 0 Å². The van der Waals surface area contributed by atoms with E-state index in [1.807, 2.05) is 30.3 Å². The molecule has 13 heavy (non-hydrogen) atoms. The summed E-state index contributed by atoms with van der Waals surface area (Å²) in [6, 6.07) is 9.54. The maximum absolute atomic E-state index is 10.7. The zero-order chi connectivity index (χ0) is 9.47. The molecular formula is C10H11NO2. The van der Waals surface area contributed by atoms with Crippen molar-refractivity contribution in [1.29, 1.82) is 0 Å². The molecule has 1 aliphatic rings. The normalized spacial score (nSPS) is 31.3. The van der Waals surface area contributed by atoms with Gasteiger partial charge in [-0.3, -0.25) is 4.79 Å². The van der Waals surface area contributed by atoms with Crippen LogP contribution in [-0.4, -0.2) is 16.6 Å². The van der Waals surface area contributed by atoms with E-state index in [0.29, 0.717) is 6.42 Å². The van der Waals surface area contributed by atoms with Crippen LogP contribution in [0.2, 0.25) is 0 Å². The molecule has 3 heteroatoms. The van der Waals surface area contributed by atoms with Gasteiger partial charge in [-0.1, -0.05) is 30.3 Å². The van der Waals surface area contributed by atoms with Crippen molar-refractivity contribution in [3.05, 3.63) is 35.9 Å². The van der Waals surface area contributed by atoms with Crippen LogP contribution in [0.15, 0.2) is 30.3 Å². The van der Waals surface area contributed by atoms with E-state index in [9.17, 15) is 4.79 Å². The van der Waals surface area contributed by atoms with Crippen LogP contribution < -0.4 is 5.73 Å². The molecule has 0 spiro atoms. The van der Waals surface area contributed by atoms with Gasteiger partial charge in [-0.2, -0.15) is 0 Å². The summed E-state index contributed by atoms with van der Waals surface area (Å²) in [7, 11) is 0. The second-order valence-corrected chi connectivity index (χ2v) is 3.51. The Morgan fingerprint density at radius 1 is 1.46 bits per heavy atom. The number of aliphatic carboxylic acids is 1. The Morgan fingerprint density at radius 2 is 2.08 bits per heavy atom. The zero-order valence-electron chi connectivity index (χ0n) is 7.10. The lowest BCUT2D eigenvalue weighted by atomic mass is 10.1. The molecule has 1 fully saturated rings. The Bertz CT molecular complexity index is 336. The molecule has 0 aliphatic heterocycles. The summed E-state index contributed by atoms with van der Waals surface area (Å²) in [5, 5.41) is 8.82. The molecule has 1 aliphatic carbocycles. The fraction of sp³-hybridized carbons (Fsp3) is 0.300. The predicted molar refractivity (Wildman–Crippen MR) is 48.4 cm³/mol. The van der Waals surface area contributed by atoms with Crippen molar-refractivity contribution in [2.45, 2.75) is 17.9 Å². The van der Waals surface area contributed by atoms with Crippen molar-refractivity contribution in [3.63, 3.8) is 0 Å². The summed E-state index contributed by atoms with van der Waals surface area (Å²) in [6.07, 6.45) is 0.548. The van der Waals surface area contributed by atoms with Gasteiger partial charge in [-0.15, -0.1) is 0 Å². The lowest BCUT2D eigenvalue weighted by molar-refractivity contribution is -0.139. The van der Waals surface area contributed by atoms with Crippen molar-refractivity contribution in [1.82, 2.24) is 0 Å². The third kappa shape index (κ3) is 1.21. The van der Waals surface area contributed by atoms with Crippen molar-refractivity contribution in [2.24, 2.45) is 5.73 Å². The summed E-state index contributed by atoms with van der Waals surface area (Å²) in [5.74, 6) is -0.910. The largest absolute Gasteiger partial charge is 0.480 e. The van der Waals surface area contributed by atoms with Gasteiger partial charge in [-0.25, -0.2) is 0 Å².